The number of rotatable bonds is 5. The molecule has 140 valence electrons. The topological polar surface area (TPSA) is 70.6 Å². The predicted molar refractivity (Wildman–Crippen MR) is 107 cm³/mol. The molecule has 3 rings (SSSR count). The zero-order valence-electron chi connectivity index (χ0n) is 14.5. The third-order valence-corrected chi connectivity index (χ3v) is 4.13. The Kier molecular flexibility index (Phi) is 6.14. The second-order valence-electron chi connectivity index (χ2n) is 5.76. The summed E-state index contributed by atoms with van der Waals surface area (Å²) in [6, 6.07) is 18.6. The Morgan fingerprint density at radius 2 is 1.46 bits per heavy atom. The number of hydrogen-bond donors (Lipinski definition) is 2. The number of nitrogens with zero attached hydrogens (tertiary/aromatic N) is 1. The molecule has 0 bridgehead atoms. The number of nitrogens with one attached hydrogen (secondary N) is 2. The molecular formula is C21H15ClFN3O2. The van der Waals surface area contributed by atoms with Crippen LogP contribution in [0.3, 0.4) is 0 Å². The second kappa shape index (κ2) is 8.92. The van der Waals surface area contributed by atoms with Crippen molar-refractivity contribution in [1.29, 1.82) is 0 Å². The van der Waals surface area contributed by atoms with Gasteiger partial charge in [0.2, 0.25) is 0 Å². The Bertz CT molecular complexity index is 1020. The summed E-state index contributed by atoms with van der Waals surface area (Å²) >= 11 is 6.01. The maximum absolute atomic E-state index is 12.9. The van der Waals surface area contributed by atoms with Crippen LogP contribution in [0, 0.1) is 5.82 Å². The molecule has 0 unspecified atom stereocenters. The number of halogens is 2. The van der Waals surface area contributed by atoms with Gasteiger partial charge in [0.15, 0.2) is 0 Å². The van der Waals surface area contributed by atoms with Gasteiger partial charge in [-0.2, -0.15) is 5.10 Å². The van der Waals surface area contributed by atoms with Gasteiger partial charge >= 0.3 is 0 Å². The largest absolute Gasteiger partial charge is 0.322 e. The fourth-order valence-corrected chi connectivity index (χ4v) is 2.50. The van der Waals surface area contributed by atoms with E-state index in [2.05, 4.69) is 15.8 Å². The number of hydrogen-bond acceptors (Lipinski definition) is 3. The first-order chi connectivity index (χ1) is 13.5. The maximum Gasteiger partial charge on any atom is 0.271 e. The Labute approximate surface area is 165 Å². The Hall–Kier alpha value is -3.51. The van der Waals surface area contributed by atoms with Crippen molar-refractivity contribution in [1.82, 2.24) is 5.43 Å². The van der Waals surface area contributed by atoms with Gasteiger partial charge in [-0.05, 0) is 54.6 Å². The summed E-state index contributed by atoms with van der Waals surface area (Å²) < 4.78 is 12.9. The number of carbonyl (C=O) groups is 2. The molecule has 2 N–H and O–H groups in total. The molecule has 0 atom stereocenters. The van der Waals surface area contributed by atoms with E-state index >= 15 is 0 Å². The number of carbonyl (C=O) groups excluding carboxylic acids is 2. The average molecular weight is 396 g/mol. The van der Waals surface area contributed by atoms with Crippen LogP contribution in [0.15, 0.2) is 77.9 Å². The highest BCUT2D eigenvalue weighted by Gasteiger charge is 2.08. The van der Waals surface area contributed by atoms with Gasteiger partial charge in [-0.3, -0.25) is 9.59 Å². The van der Waals surface area contributed by atoms with Gasteiger partial charge < -0.3 is 5.32 Å². The van der Waals surface area contributed by atoms with E-state index in [0.29, 0.717) is 27.4 Å². The quantitative estimate of drug-likeness (QED) is 0.493. The molecule has 0 radical (unpaired) electrons. The first-order valence-electron chi connectivity index (χ1n) is 8.28. The molecule has 0 spiro atoms. The van der Waals surface area contributed by atoms with Crippen LogP contribution in [0.25, 0.3) is 0 Å². The monoisotopic (exact) mass is 395 g/mol. The summed E-state index contributed by atoms with van der Waals surface area (Å²) in [4.78, 5) is 24.2. The van der Waals surface area contributed by atoms with Crippen molar-refractivity contribution in [2.45, 2.75) is 0 Å². The number of hydrazone groups is 1. The van der Waals surface area contributed by atoms with Gasteiger partial charge in [-0.25, -0.2) is 9.82 Å². The van der Waals surface area contributed by atoms with Crippen molar-refractivity contribution in [2.24, 2.45) is 5.10 Å². The fraction of sp³-hybridized carbons (Fsp3) is 0. The lowest BCUT2D eigenvalue weighted by Crippen LogP contribution is -2.18. The van der Waals surface area contributed by atoms with Gasteiger partial charge in [-0.1, -0.05) is 29.8 Å². The molecule has 0 fully saturated rings. The van der Waals surface area contributed by atoms with Crippen LogP contribution < -0.4 is 10.7 Å². The molecule has 7 heteroatoms. The van der Waals surface area contributed by atoms with Gasteiger partial charge in [0.05, 0.1) is 6.21 Å². The molecule has 0 aromatic heterocycles. The SMILES string of the molecule is O=C(N/N=C\c1ccccc1Cl)c1ccc(NC(=O)c2ccc(F)cc2)cc1. The van der Waals surface area contributed by atoms with Crippen LogP contribution >= 0.6 is 11.6 Å². The predicted octanol–water partition coefficient (Wildman–Crippen LogP) is 4.50. The molecule has 28 heavy (non-hydrogen) atoms. The van der Waals surface area contributed by atoms with E-state index in [1.807, 2.05) is 6.07 Å². The summed E-state index contributed by atoms with van der Waals surface area (Å²) in [6.07, 6.45) is 1.46. The van der Waals surface area contributed by atoms with E-state index in [9.17, 15) is 14.0 Å². The van der Waals surface area contributed by atoms with Crippen LogP contribution in [-0.2, 0) is 0 Å². The Morgan fingerprint density at radius 3 is 2.14 bits per heavy atom. The first kappa shape index (κ1) is 19.3. The molecule has 0 saturated heterocycles. The summed E-state index contributed by atoms with van der Waals surface area (Å²) in [7, 11) is 0. The second-order valence-corrected chi connectivity index (χ2v) is 6.17. The third kappa shape index (κ3) is 5.02. The minimum absolute atomic E-state index is 0.331. The van der Waals surface area contributed by atoms with E-state index in [0.717, 1.165) is 0 Å². The van der Waals surface area contributed by atoms with E-state index in [4.69, 9.17) is 11.6 Å². The number of amides is 2. The van der Waals surface area contributed by atoms with Crippen molar-refractivity contribution in [3.63, 3.8) is 0 Å². The molecule has 3 aromatic carbocycles. The molecule has 2 amide bonds. The average Bonchev–Trinajstić information content (AvgIpc) is 2.70. The van der Waals surface area contributed by atoms with Gasteiger partial charge in [0.1, 0.15) is 5.82 Å². The van der Waals surface area contributed by atoms with Gasteiger partial charge in [0, 0.05) is 27.4 Å². The summed E-state index contributed by atoms with van der Waals surface area (Å²) in [5.41, 5.74) is 4.31. The van der Waals surface area contributed by atoms with Crippen molar-refractivity contribution in [2.75, 3.05) is 5.32 Å². The fourth-order valence-electron chi connectivity index (χ4n) is 2.31. The normalized spacial score (nSPS) is 10.6. The molecule has 0 saturated carbocycles. The van der Waals surface area contributed by atoms with Crippen LogP contribution in [0.2, 0.25) is 5.02 Å². The third-order valence-electron chi connectivity index (χ3n) is 3.79. The lowest BCUT2D eigenvalue weighted by atomic mass is 10.1. The zero-order chi connectivity index (χ0) is 19.9. The van der Waals surface area contributed by atoms with Crippen molar-refractivity contribution in [3.05, 3.63) is 100 Å². The lowest BCUT2D eigenvalue weighted by molar-refractivity contribution is 0.0954. The first-order valence-corrected chi connectivity index (χ1v) is 8.65. The molecule has 0 heterocycles. The van der Waals surface area contributed by atoms with Crippen molar-refractivity contribution in [3.8, 4) is 0 Å². The molecule has 0 aliphatic rings. The smallest absolute Gasteiger partial charge is 0.271 e. The van der Waals surface area contributed by atoms with Gasteiger partial charge in [0.25, 0.3) is 11.8 Å². The molecule has 5 nitrogen and oxygen atoms in total. The van der Waals surface area contributed by atoms with Crippen molar-refractivity contribution < 1.29 is 14.0 Å². The zero-order valence-corrected chi connectivity index (χ0v) is 15.3. The van der Waals surface area contributed by atoms with E-state index in [1.54, 1.807) is 42.5 Å². The summed E-state index contributed by atoms with van der Waals surface area (Å²) in [6.45, 7) is 0. The van der Waals surface area contributed by atoms with Crippen LogP contribution in [0.1, 0.15) is 26.3 Å². The van der Waals surface area contributed by atoms with Gasteiger partial charge in [-0.15, -0.1) is 0 Å². The minimum Gasteiger partial charge on any atom is -0.322 e. The van der Waals surface area contributed by atoms with E-state index in [-0.39, 0.29) is 5.91 Å². The highest BCUT2D eigenvalue weighted by molar-refractivity contribution is 6.33. The molecule has 3 aromatic rings. The Morgan fingerprint density at radius 1 is 0.857 bits per heavy atom. The summed E-state index contributed by atoms with van der Waals surface area (Å²) in [5, 5.41) is 7.09. The van der Waals surface area contributed by atoms with E-state index < -0.39 is 11.7 Å². The van der Waals surface area contributed by atoms with Crippen molar-refractivity contribution >= 4 is 35.3 Å². The highest BCUT2D eigenvalue weighted by Crippen LogP contribution is 2.13. The molecule has 0 aliphatic carbocycles. The Balaban J connectivity index is 1.59. The lowest BCUT2D eigenvalue weighted by Gasteiger charge is -2.06. The summed E-state index contributed by atoms with van der Waals surface area (Å²) in [5.74, 6) is -1.19. The van der Waals surface area contributed by atoms with Crippen LogP contribution in [-0.4, -0.2) is 18.0 Å². The highest BCUT2D eigenvalue weighted by atomic mass is 35.5. The number of benzene rings is 3. The standard InChI is InChI=1S/C21H15ClFN3O2/c22-19-4-2-1-3-16(19)13-24-26-21(28)15-7-11-18(12-8-15)25-20(27)14-5-9-17(23)10-6-14/h1-13H,(H,25,27)(H,26,28)/b24-13-. The molecule has 0 aliphatic heterocycles. The number of anilines is 1. The van der Waals surface area contributed by atoms with Crippen LogP contribution in [0.4, 0.5) is 10.1 Å². The maximum atomic E-state index is 12.9. The van der Waals surface area contributed by atoms with E-state index in [1.165, 1.54) is 30.5 Å². The van der Waals surface area contributed by atoms with Crippen LogP contribution in [0.5, 0.6) is 0 Å². The molecular weight excluding hydrogens is 381 g/mol. The minimum atomic E-state index is -0.413.